The number of carbonyl (C=O) groups excluding carboxylic acids is 1. The zero-order valence-electron chi connectivity index (χ0n) is 19.2. The third-order valence-electron chi connectivity index (χ3n) is 6.33. The van der Waals surface area contributed by atoms with E-state index in [0.29, 0.717) is 30.2 Å². The van der Waals surface area contributed by atoms with Crippen LogP contribution in [0.3, 0.4) is 0 Å². The number of ether oxygens (including phenoxy) is 2. The fraction of sp³-hybridized carbons (Fsp3) is 0.320. The molecule has 0 saturated carbocycles. The van der Waals surface area contributed by atoms with Crippen molar-refractivity contribution >= 4 is 32.7 Å². The molecule has 1 saturated heterocycles. The van der Waals surface area contributed by atoms with Gasteiger partial charge in [0.15, 0.2) is 22.3 Å². The highest BCUT2D eigenvalue weighted by molar-refractivity contribution is 7.22. The first-order chi connectivity index (χ1) is 16.6. The molecule has 6 rings (SSSR count). The predicted molar refractivity (Wildman–Crippen MR) is 132 cm³/mol. The zero-order valence-corrected chi connectivity index (χ0v) is 20.0. The zero-order chi connectivity index (χ0) is 23.2. The first kappa shape index (κ1) is 21.0. The molecule has 2 aliphatic heterocycles. The molecule has 0 atom stereocenters. The van der Waals surface area contributed by atoms with Gasteiger partial charge in [-0.15, -0.1) is 0 Å². The number of thiazole rings is 1. The molecule has 0 N–H and O–H groups in total. The molecule has 2 aliphatic rings. The molecule has 1 amide bonds. The minimum absolute atomic E-state index is 0.0234. The van der Waals surface area contributed by atoms with Crippen molar-refractivity contribution in [2.45, 2.75) is 20.3 Å². The molecule has 0 spiro atoms. The molecule has 0 aliphatic carbocycles. The topological polar surface area (TPSA) is 72.7 Å². The molecular weight excluding hydrogens is 450 g/mol. The average molecular weight is 476 g/mol. The van der Waals surface area contributed by atoms with E-state index in [-0.39, 0.29) is 12.7 Å². The summed E-state index contributed by atoms with van der Waals surface area (Å²) in [6.07, 6.45) is 0.884. The highest BCUT2D eigenvalue weighted by atomic mass is 32.1. The second-order valence-electron chi connectivity index (χ2n) is 8.68. The van der Waals surface area contributed by atoms with Gasteiger partial charge < -0.3 is 19.3 Å². The van der Waals surface area contributed by atoms with Gasteiger partial charge in [-0.25, -0.2) is 4.68 Å². The molecule has 0 bridgehead atoms. The SMILES string of the molecule is Cc1ccc(-n2nc(C)c3sc(N4CCCN(C(=O)c5ccc6c(c5)OCO6)CC4)nc32)cc1. The third kappa shape index (κ3) is 3.66. The summed E-state index contributed by atoms with van der Waals surface area (Å²) in [7, 11) is 0. The molecule has 9 heteroatoms. The van der Waals surface area contributed by atoms with Crippen LogP contribution < -0.4 is 14.4 Å². The van der Waals surface area contributed by atoms with Crippen LogP contribution in [-0.4, -0.2) is 58.5 Å². The number of amides is 1. The van der Waals surface area contributed by atoms with Crippen molar-refractivity contribution in [1.82, 2.24) is 19.7 Å². The molecule has 8 nitrogen and oxygen atoms in total. The molecule has 34 heavy (non-hydrogen) atoms. The normalized spacial score (nSPS) is 15.7. The minimum Gasteiger partial charge on any atom is -0.454 e. The molecule has 0 unspecified atom stereocenters. The number of hydrogen-bond acceptors (Lipinski definition) is 7. The summed E-state index contributed by atoms with van der Waals surface area (Å²) in [5.41, 5.74) is 4.73. The number of carbonyl (C=O) groups is 1. The third-order valence-corrected chi connectivity index (χ3v) is 7.54. The smallest absolute Gasteiger partial charge is 0.254 e. The molecule has 0 radical (unpaired) electrons. The fourth-order valence-electron chi connectivity index (χ4n) is 4.45. The van der Waals surface area contributed by atoms with Crippen LogP contribution >= 0.6 is 11.3 Å². The van der Waals surface area contributed by atoms with E-state index >= 15 is 0 Å². The van der Waals surface area contributed by atoms with Crippen molar-refractivity contribution in [2.24, 2.45) is 0 Å². The van der Waals surface area contributed by atoms with Gasteiger partial charge in [0.05, 0.1) is 16.1 Å². The standard InChI is InChI=1S/C25H25N5O3S/c1-16-4-7-19(8-5-16)30-23-22(17(2)27-30)34-25(26-23)29-11-3-10-28(12-13-29)24(31)18-6-9-20-21(14-18)33-15-32-20/h4-9,14H,3,10-13,15H2,1-2H3. The van der Waals surface area contributed by atoms with Crippen LogP contribution in [0.2, 0.25) is 0 Å². The van der Waals surface area contributed by atoms with Crippen LogP contribution in [0.15, 0.2) is 42.5 Å². The fourth-order valence-corrected chi connectivity index (χ4v) is 5.49. The summed E-state index contributed by atoms with van der Waals surface area (Å²) >= 11 is 1.68. The van der Waals surface area contributed by atoms with E-state index in [9.17, 15) is 4.79 Å². The average Bonchev–Trinajstić information content (AvgIpc) is 3.51. The highest BCUT2D eigenvalue weighted by Gasteiger charge is 2.25. The Kier molecular flexibility index (Phi) is 5.13. The van der Waals surface area contributed by atoms with Crippen LogP contribution in [0.1, 0.15) is 28.0 Å². The highest BCUT2D eigenvalue weighted by Crippen LogP contribution is 2.34. The summed E-state index contributed by atoms with van der Waals surface area (Å²) in [6, 6.07) is 13.7. The number of aromatic nitrogens is 3. The predicted octanol–water partition coefficient (Wildman–Crippen LogP) is 4.18. The number of nitrogens with zero attached hydrogens (tertiary/aromatic N) is 5. The Morgan fingerprint density at radius 1 is 0.971 bits per heavy atom. The summed E-state index contributed by atoms with van der Waals surface area (Å²) in [4.78, 5) is 22.3. The van der Waals surface area contributed by atoms with E-state index in [0.717, 1.165) is 46.4 Å². The molecule has 2 aromatic carbocycles. The molecule has 4 aromatic rings. The summed E-state index contributed by atoms with van der Waals surface area (Å²) in [5.74, 6) is 1.35. The van der Waals surface area contributed by atoms with Crippen molar-refractivity contribution in [1.29, 1.82) is 0 Å². The number of anilines is 1. The lowest BCUT2D eigenvalue weighted by molar-refractivity contribution is 0.0766. The van der Waals surface area contributed by atoms with Gasteiger partial charge in [-0.3, -0.25) is 4.79 Å². The van der Waals surface area contributed by atoms with Crippen molar-refractivity contribution < 1.29 is 14.3 Å². The van der Waals surface area contributed by atoms with Gasteiger partial charge in [-0.1, -0.05) is 29.0 Å². The number of hydrogen-bond donors (Lipinski definition) is 0. The van der Waals surface area contributed by atoms with Crippen molar-refractivity contribution in [3.63, 3.8) is 0 Å². The lowest BCUT2D eigenvalue weighted by Gasteiger charge is -2.22. The summed E-state index contributed by atoms with van der Waals surface area (Å²) < 4.78 is 13.8. The maximum absolute atomic E-state index is 13.2. The number of aryl methyl sites for hydroxylation is 2. The van der Waals surface area contributed by atoms with E-state index in [2.05, 4.69) is 36.1 Å². The molecule has 174 valence electrons. The number of benzene rings is 2. The quantitative estimate of drug-likeness (QED) is 0.443. The van der Waals surface area contributed by atoms with Crippen molar-refractivity contribution in [3.05, 3.63) is 59.3 Å². The van der Waals surface area contributed by atoms with E-state index < -0.39 is 0 Å². The second-order valence-corrected chi connectivity index (χ2v) is 9.66. The lowest BCUT2D eigenvalue weighted by Crippen LogP contribution is -2.35. The Bertz CT molecular complexity index is 1380. The molecule has 4 heterocycles. The largest absolute Gasteiger partial charge is 0.454 e. The lowest BCUT2D eigenvalue weighted by atomic mass is 10.1. The molecular formula is C25H25N5O3S. The Balaban J connectivity index is 1.21. The number of rotatable bonds is 3. The van der Waals surface area contributed by atoms with Crippen LogP contribution in [0.5, 0.6) is 11.5 Å². The van der Waals surface area contributed by atoms with Gasteiger partial charge in [0.2, 0.25) is 6.79 Å². The van der Waals surface area contributed by atoms with E-state index in [1.54, 1.807) is 23.5 Å². The van der Waals surface area contributed by atoms with Gasteiger partial charge in [0, 0.05) is 31.7 Å². The van der Waals surface area contributed by atoms with Crippen LogP contribution in [0, 0.1) is 13.8 Å². The van der Waals surface area contributed by atoms with E-state index in [4.69, 9.17) is 19.6 Å². The Hall–Kier alpha value is -3.59. The summed E-state index contributed by atoms with van der Waals surface area (Å²) in [6.45, 7) is 7.27. The maximum atomic E-state index is 13.2. The van der Waals surface area contributed by atoms with Crippen molar-refractivity contribution in [2.75, 3.05) is 37.9 Å². The van der Waals surface area contributed by atoms with Gasteiger partial charge in [0.25, 0.3) is 5.91 Å². The Labute approximate surface area is 201 Å². The van der Waals surface area contributed by atoms with E-state index in [1.807, 2.05) is 22.6 Å². The van der Waals surface area contributed by atoms with Gasteiger partial charge in [-0.2, -0.15) is 10.1 Å². The van der Waals surface area contributed by atoms with E-state index in [1.165, 1.54) is 5.56 Å². The van der Waals surface area contributed by atoms with Crippen LogP contribution in [0.4, 0.5) is 5.13 Å². The summed E-state index contributed by atoms with van der Waals surface area (Å²) in [5, 5.41) is 5.70. The second kappa shape index (κ2) is 8.32. The minimum atomic E-state index is 0.0234. The molecule has 2 aromatic heterocycles. The van der Waals surface area contributed by atoms with Crippen LogP contribution in [0.25, 0.3) is 16.0 Å². The monoisotopic (exact) mass is 475 g/mol. The first-order valence-electron chi connectivity index (χ1n) is 11.4. The first-order valence-corrected chi connectivity index (χ1v) is 12.3. The Morgan fingerprint density at radius 3 is 2.65 bits per heavy atom. The maximum Gasteiger partial charge on any atom is 0.254 e. The van der Waals surface area contributed by atoms with Gasteiger partial charge in [0.1, 0.15) is 0 Å². The van der Waals surface area contributed by atoms with Gasteiger partial charge in [-0.05, 0) is 50.6 Å². The van der Waals surface area contributed by atoms with Crippen molar-refractivity contribution in [3.8, 4) is 17.2 Å². The Morgan fingerprint density at radius 2 is 1.79 bits per heavy atom. The van der Waals surface area contributed by atoms with Crippen LogP contribution in [-0.2, 0) is 0 Å². The van der Waals surface area contributed by atoms with Gasteiger partial charge >= 0.3 is 0 Å². The molecule has 1 fully saturated rings. The number of fused-ring (bicyclic) bond motifs is 2.